The van der Waals surface area contributed by atoms with Gasteiger partial charge in [-0.1, -0.05) is 28.1 Å². The van der Waals surface area contributed by atoms with E-state index in [0.717, 1.165) is 4.47 Å². The fourth-order valence-corrected chi connectivity index (χ4v) is 2.68. The Labute approximate surface area is 115 Å². The second-order valence-corrected chi connectivity index (χ2v) is 7.04. The second-order valence-electron chi connectivity index (χ2n) is 3.76. The molecule has 0 aliphatic rings. The van der Waals surface area contributed by atoms with Crippen molar-refractivity contribution in [1.82, 2.24) is 0 Å². The van der Waals surface area contributed by atoms with Crippen LogP contribution in [0.1, 0.15) is 6.92 Å². The minimum absolute atomic E-state index is 0.208. The highest BCUT2D eigenvalue weighted by atomic mass is 79.9. The van der Waals surface area contributed by atoms with Crippen molar-refractivity contribution in [2.45, 2.75) is 12.2 Å². The first-order valence-corrected chi connectivity index (χ1v) is 7.76. The number of benzene rings is 1. The third-order valence-electron chi connectivity index (χ3n) is 2.35. The highest BCUT2D eigenvalue weighted by molar-refractivity contribution is 9.10. The zero-order chi connectivity index (χ0) is 13.8. The second kappa shape index (κ2) is 6.15. The molecule has 0 saturated carbocycles. The number of carbonyl (C=O) groups excluding carboxylic acids is 1. The Bertz CT molecular complexity index is 554. The van der Waals surface area contributed by atoms with E-state index < -0.39 is 21.0 Å². The van der Waals surface area contributed by atoms with Crippen molar-refractivity contribution in [3.05, 3.63) is 41.4 Å². The molecule has 0 spiro atoms. The molecule has 1 amide bonds. The summed E-state index contributed by atoms with van der Waals surface area (Å²) in [5, 5.41) is 1.46. The number of rotatable bonds is 5. The molecule has 0 heterocycles. The Balaban J connectivity index is 2.80. The summed E-state index contributed by atoms with van der Waals surface area (Å²) in [5.41, 5.74) is 0.551. The van der Waals surface area contributed by atoms with Crippen molar-refractivity contribution in [2.24, 2.45) is 0 Å². The van der Waals surface area contributed by atoms with Crippen molar-refractivity contribution in [1.29, 1.82) is 0 Å². The SMILES string of the molecule is C=CCS(=O)(=O)C(C)C(=O)Nc1cccc(Br)c1. The molecule has 0 aliphatic carbocycles. The lowest BCUT2D eigenvalue weighted by Gasteiger charge is -2.12. The molecule has 1 unspecified atom stereocenters. The zero-order valence-electron chi connectivity index (χ0n) is 9.89. The zero-order valence-corrected chi connectivity index (χ0v) is 12.3. The van der Waals surface area contributed by atoms with Crippen molar-refractivity contribution in [3.63, 3.8) is 0 Å². The third-order valence-corrected chi connectivity index (χ3v) is 4.84. The van der Waals surface area contributed by atoms with E-state index in [-0.39, 0.29) is 5.75 Å². The molecule has 1 aromatic rings. The van der Waals surface area contributed by atoms with Gasteiger partial charge in [0.25, 0.3) is 0 Å². The molecule has 0 saturated heterocycles. The van der Waals surface area contributed by atoms with Gasteiger partial charge in [-0.15, -0.1) is 6.58 Å². The number of nitrogens with one attached hydrogen (secondary N) is 1. The first-order chi connectivity index (χ1) is 8.36. The van der Waals surface area contributed by atoms with Gasteiger partial charge in [0.15, 0.2) is 9.84 Å². The number of halogens is 1. The number of anilines is 1. The molecule has 1 N–H and O–H groups in total. The highest BCUT2D eigenvalue weighted by Crippen LogP contribution is 2.16. The van der Waals surface area contributed by atoms with E-state index in [1.165, 1.54) is 13.0 Å². The van der Waals surface area contributed by atoms with Crippen LogP contribution >= 0.6 is 15.9 Å². The van der Waals surface area contributed by atoms with Crippen LogP contribution in [0.25, 0.3) is 0 Å². The van der Waals surface area contributed by atoms with Crippen LogP contribution < -0.4 is 5.32 Å². The molecule has 98 valence electrons. The maximum atomic E-state index is 11.8. The smallest absolute Gasteiger partial charge is 0.242 e. The predicted octanol–water partition coefficient (Wildman–Crippen LogP) is 2.38. The number of hydrogen-bond acceptors (Lipinski definition) is 3. The molecule has 18 heavy (non-hydrogen) atoms. The van der Waals surface area contributed by atoms with Crippen LogP contribution in [-0.4, -0.2) is 25.3 Å². The lowest BCUT2D eigenvalue weighted by Crippen LogP contribution is -2.33. The molecule has 1 atom stereocenters. The van der Waals surface area contributed by atoms with Crippen LogP contribution in [-0.2, 0) is 14.6 Å². The summed E-state index contributed by atoms with van der Waals surface area (Å²) < 4.78 is 24.2. The summed E-state index contributed by atoms with van der Waals surface area (Å²) in [5.74, 6) is -0.755. The Morgan fingerprint density at radius 3 is 2.78 bits per heavy atom. The summed E-state index contributed by atoms with van der Waals surface area (Å²) in [6, 6.07) is 6.95. The topological polar surface area (TPSA) is 63.2 Å². The maximum Gasteiger partial charge on any atom is 0.242 e. The maximum absolute atomic E-state index is 11.8. The van der Waals surface area contributed by atoms with Crippen molar-refractivity contribution in [2.75, 3.05) is 11.1 Å². The van der Waals surface area contributed by atoms with E-state index in [1.807, 2.05) is 6.07 Å². The minimum Gasteiger partial charge on any atom is -0.325 e. The van der Waals surface area contributed by atoms with Gasteiger partial charge in [0.05, 0.1) is 5.75 Å². The van der Waals surface area contributed by atoms with Gasteiger partial charge in [-0.05, 0) is 25.1 Å². The molecule has 1 rings (SSSR count). The molecule has 1 aromatic carbocycles. The van der Waals surface area contributed by atoms with Crippen molar-refractivity contribution < 1.29 is 13.2 Å². The molecule has 6 heteroatoms. The van der Waals surface area contributed by atoms with Crippen LogP contribution in [0.15, 0.2) is 41.4 Å². The largest absolute Gasteiger partial charge is 0.325 e. The first kappa shape index (κ1) is 14.9. The number of amides is 1. The van der Waals surface area contributed by atoms with E-state index >= 15 is 0 Å². The van der Waals surface area contributed by atoms with Gasteiger partial charge in [-0.2, -0.15) is 0 Å². The Morgan fingerprint density at radius 1 is 1.56 bits per heavy atom. The predicted molar refractivity (Wildman–Crippen MR) is 76.2 cm³/mol. The van der Waals surface area contributed by atoms with Gasteiger partial charge in [-0.25, -0.2) is 8.42 Å². The van der Waals surface area contributed by atoms with E-state index in [9.17, 15) is 13.2 Å². The van der Waals surface area contributed by atoms with Gasteiger partial charge < -0.3 is 5.32 Å². The summed E-state index contributed by atoms with van der Waals surface area (Å²) in [6.07, 6.45) is 1.28. The quantitative estimate of drug-likeness (QED) is 0.842. The molecular formula is C12H14BrNO3S. The molecule has 0 aliphatic heterocycles. The minimum atomic E-state index is -3.48. The molecule has 4 nitrogen and oxygen atoms in total. The summed E-state index contributed by atoms with van der Waals surface area (Å²) in [4.78, 5) is 11.8. The average molecular weight is 332 g/mol. The molecule has 0 radical (unpaired) electrons. The van der Waals surface area contributed by atoms with Gasteiger partial charge in [0.1, 0.15) is 5.25 Å². The van der Waals surface area contributed by atoms with Crippen LogP contribution in [0.4, 0.5) is 5.69 Å². The Hall–Kier alpha value is -1.14. The first-order valence-electron chi connectivity index (χ1n) is 5.25. The lowest BCUT2D eigenvalue weighted by atomic mass is 10.3. The summed E-state index contributed by atoms with van der Waals surface area (Å²) in [7, 11) is -3.48. The fraction of sp³-hybridized carbons (Fsp3) is 0.250. The standard InChI is InChI=1S/C12H14BrNO3S/c1-3-7-18(16,17)9(2)12(15)14-11-6-4-5-10(13)8-11/h3-6,8-9H,1,7H2,2H3,(H,14,15). The van der Waals surface area contributed by atoms with Crippen LogP contribution in [0.3, 0.4) is 0 Å². The van der Waals surface area contributed by atoms with Crippen LogP contribution in [0, 0.1) is 0 Å². The Morgan fingerprint density at radius 2 is 2.22 bits per heavy atom. The van der Waals surface area contributed by atoms with Gasteiger partial charge in [0.2, 0.25) is 5.91 Å². The van der Waals surface area contributed by atoms with Crippen molar-refractivity contribution >= 4 is 37.4 Å². The van der Waals surface area contributed by atoms with E-state index in [1.54, 1.807) is 18.2 Å². The normalized spacial score (nSPS) is 12.8. The molecule has 0 bridgehead atoms. The van der Waals surface area contributed by atoms with Gasteiger partial charge >= 0.3 is 0 Å². The van der Waals surface area contributed by atoms with Crippen LogP contribution in [0.2, 0.25) is 0 Å². The fourth-order valence-electron chi connectivity index (χ4n) is 1.28. The monoisotopic (exact) mass is 331 g/mol. The van der Waals surface area contributed by atoms with E-state index in [2.05, 4.69) is 27.8 Å². The molecule has 0 fully saturated rings. The van der Waals surface area contributed by atoms with Gasteiger partial charge in [0, 0.05) is 10.2 Å². The summed E-state index contributed by atoms with van der Waals surface area (Å²) >= 11 is 3.27. The Kier molecular flexibility index (Phi) is 5.10. The summed E-state index contributed by atoms with van der Waals surface area (Å²) in [6.45, 7) is 4.73. The van der Waals surface area contributed by atoms with E-state index in [4.69, 9.17) is 0 Å². The lowest BCUT2D eigenvalue weighted by molar-refractivity contribution is -0.115. The number of hydrogen-bond donors (Lipinski definition) is 1. The van der Waals surface area contributed by atoms with Crippen molar-refractivity contribution in [3.8, 4) is 0 Å². The van der Waals surface area contributed by atoms with Gasteiger partial charge in [-0.3, -0.25) is 4.79 Å². The number of carbonyl (C=O) groups is 1. The number of sulfone groups is 1. The third kappa shape index (κ3) is 3.96. The molecule has 0 aromatic heterocycles. The molecular weight excluding hydrogens is 318 g/mol. The average Bonchev–Trinajstić information content (AvgIpc) is 2.27. The van der Waals surface area contributed by atoms with E-state index in [0.29, 0.717) is 5.69 Å². The highest BCUT2D eigenvalue weighted by Gasteiger charge is 2.26. The van der Waals surface area contributed by atoms with Crippen LogP contribution in [0.5, 0.6) is 0 Å².